The van der Waals surface area contributed by atoms with Gasteiger partial charge in [-0.3, -0.25) is 0 Å². The molecule has 1 aromatic heterocycles. The monoisotopic (exact) mass is 267 g/mol. The zero-order chi connectivity index (χ0) is 14.0. The van der Waals surface area contributed by atoms with E-state index in [2.05, 4.69) is 30.9 Å². The number of hydrogen-bond acceptors (Lipinski definition) is 5. The minimum atomic E-state index is -0.686. The van der Waals surface area contributed by atoms with Crippen LogP contribution in [0.5, 0.6) is 0 Å². The Hall–Kier alpha value is -0.940. The van der Waals surface area contributed by atoms with Crippen LogP contribution in [0.15, 0.2) is 4.52 Å². The van der Waals surface area contributed by atoms with Crippen LogP contribution in [0.3, 0.4) is 0 Å². The van der Waals surface area contributed by atoms with E-state index in [1.807, 2.05) is 6.92 Å². The van der Waals surface area contributed by atoms with Crippen LogP contribution < -0.4 is 5.73 Å². The molecule has 2 rings (SSSR count). The molecule has 1 aliphatic carbocycles. The maximum atomic E-state index is 6.24. The third kappa shape index (κ3) is 3.34. The van der Waals surface area contributed by atoms with Crippen molar-refractivity contribution >= 4 is 0 Å². The van der Waals surface area contributed by atoms with Gasteiger partial charge in [0.05, 0.1) is 12.7 Å². The third-order valence-electron chi connectivity index (χ3n) is 4.01. The maximum absolute atomic E-state index is 6.24. The van der Waals surface area contributed by atoms with Crippen LogP contribution in [0.25, 0.3) is 0 Å². The topological polar surface area (TPSA) is 74.2 Å². The minimum Gasteiger partial charge on any atom is -0.376 e. The van der Waals surface area contributed by atoms with Crippen molar-refractivity contribution in [2.24, 2.45) is 11.7 Å². The molecule has 1 heterocycles. The van der Waals surface area contributed by atoms with Gasteiger partial charge in [-0.15, -0.1) is 0 Å². The lowest BCUT2D eigenvalue weighted by atomic mass is 9.95. The molecule has 108 valence electrons. The number of nitrogens with two attached hydrogens (primary N) is 1. The van der Waals surface area contributed by atoms with Crippen molar-refractivity contribution in [2.45, 2.75) is 64.5 Å². The fourth-order valence-corrected chi connectivity index (χ4v) is 1.83. The molecule has 2 N–H and O–H groups in total. The van der Waals surface area contributed by atoms with Gasteiger partial charge < -0.3 is 15.0 Å². The van der Waals surface area contributed by atoms with Gasteiger partial charge in [-0.25, -0.2) is 0 Å². The molecule has 0 aliphatic heterocycles. The van der Waals surface area contributed by atoms with Crippen LogP contribution in [-0.4, -0.2) is 22.9 Å². The Bertz CT molecular complexity index is 411. The standard InChI is InChI=1S/C14H25N3O2/c1-9(2)10(3)12-16-13(17-19-12)14(4,15)8-18-11-6-5-7-11/h9-11H,5-8,15H2,1-4H3. The molecule has 0 amide bonds. The van der Waals surface area contributed by atoms with E-state index >= 15 is 0 Å². The molecule has 0 aromatic carbocycles. The van der Waals surface area contributed by atoms with Gasteiger partial charge in [0.2, 0.25) is 5.89 Å². The van der Waals surface area contributed by atoms with E-state index in [4.69, 9.17) is 15.0 Å². The zero-order valence-electron chi connectivity index (χ0n) is 12.3. The molecule has 2 atom stereocenters. The van der Waals surface area contributed by atoms with Gasteiger partial charge in [0, 0.05) is 5.92 Å². The number of ether oxygens (including phenoxy) is 1. The highest BCUT2D eigenvalue weighted by Gasteiger charge is 2.31. The smallest absolute Gasteiger partial charge is 0.229 e. The summed E-state index contributed by atoms with van der Waals surface area (Å²) < 4.78 is 11.1. The van der Waals surface area contributed by atoms with Crippen LogP contribution in [0.4, 0.5) is 0 Å². The molecular formula is C14H25N3O2. The van der Waals surface area contributed by atoms with Crippen molar-refractivity contribution in [3.63, 3.8) is 0 Å². The van der Waals surface area contributed by atoms with Crippen LogP contribution in [0, 0.1) is 5.92 Å². The van der Waals surface area contributed by atoms with E-state index in [1.54, 1.807) is 0 Å². The van der Waals surface area contributed by atoms with Crippen LogP contribution in [-0.2, 0) is 10.3 Å². The predicted octanol–water partition coefficient (Wildman–Crippen LogP) is 2.57. The Kier molecular flexibility index (Phi) is 4.26. The predicted molar refractivity (Wildman–Crippen MR) is 72.7 cm³/mol. The lowest BCUT2D eigenvalue weighted by molar-refractivity contribution is -0.0222. The van der Waals surface area contributed by atoms with E-state index in [1.165, 1.54) is 6.42 Å². The molecule has 1 aliphatic rings. The lowest BCUT2D eigenvalue weighted by Crippen LogP contribution is -2.41. The molecule has 19 heavy (non-hydrogen) atoms. The number of hydrogen-bond donors (Lipinski definition) is 1. The second-order valence-electron chi connectivity index (χ2n) is 6.27. The molecular weight excluding hydrogens is 242 g/mol. The lowest BCUT2D eigenvalue weighted by Gasteiger charge is -2.29. The summed E-state index contributed by atoms with van der Waals surface area (Å²) in [6.07, 6.45) is 3.89. The van der Waals surface area contributed by atoms with Crippen molar-refractivity contribution in [1.82, 2.24) is 10.1 Å². The van der Waals surface area contributed by atoms with Gasteiger partial charge >= 0.3 is 0 Å². The van der Waals surface area contributed by atoms with Gasteiger partial charge in [0.15, 0.2) is 5.82 Å². The maximum Gasteiger partial charge on any atom is 0.229 e. The molecule has 1 saturated carbocycles. The summed E-state index contributed by atoms with van der Waals surface area (Å²) >= 11 is 0. The molecule has 0 spiro atoms. The quantitative estimate of drug-likeness (QED) is 0.857. The van der Waals surface area contributed by atoms with Crippen molar-refractivity contribution in [3.8, 4) is 0 Å². The van der Waals surface area contributed by atoms with Gasteiger partial charge in [0.25, 0.3) is 0 Å². The van der Waals surface area contributed by atoms with E-state index in [9.17, 15) is 0 Å². The summed E-state index contributed by atoms with van der Waals surface area (Å²) in [6.45, 7) is 8.68. The minimum absolute atomic E-state index is 0.240. The first-order valence-corrected chi connectivity index (χ1v) is 7.14. The Morgan fingerprint density at radius 3 is 2.63 bits per heavy atom. The fourth-order valence-electron chi connectivity index (χ4n) is 1.83. The molecule has 1 aromatic rings. The Labute approximate surface area is 114 Å². The van der Waals surface area contributed by atoms with Gasteiger partial charge in [-0.2, -0.15) is 4.98 Å². The Morgan fingerprint density at radius 2 is 2.11 bits per heavy atom. The molecule has 2 unspecified atom stereocenters. The van der Waals surface area contributed by atoms with E-state index in [-0.39, 0.29) is 5.92 Å². The van der Waals surface area contributed by atoms with Gasteiger partial charge in [-0.05, 0) is 32.1 Å². The summed E-state index contributed by atoms with van der Waals surface area (Å²) in [7, 11) is 0. The number of rotatable bonds is 6. The Balaban J connectivity index is 1.98. The van der Waals surface area contributed by atoms with Gasteiger partial charge in [0.1, 0.15) is 5.54 Å². The van der Waals surface area contributed by atoms with E-state index < -0.39 is 5.54 Å². The first kappa shape index (κ1) is 14.5. The highest BCUT2D eigenvalue weighted by Crippen LogP contribution is 2.26. The van der Waals surface area contributed by atoms with Crippen LogP contribution in [0.1, 0.15) is 64.6 Å². The first-order chi connectivity index (χ1) is 8.90. The molecule has 5 heteroatoms. The average molecular weight is 267 g/mol. The van der Waals surface area contributed by atoms with E-state index in [0.29, 0.717) is 30.3 Å². The summed E-state index contributed by atoms with van der Waals surface area (Å²) in [5.74, 6) is 1.90. The third-order valence-corrected chi connectivity index (χ3v) is 4.01. The number of nitrogens with zero attached hydrogens (tertiary/aromatic N) is 2. The molecule has 0 bridgehead atoms. The van der Waals surface area contributed by atoms with Crippen molar-refractivity contribution in [1.29, 1.82) is 0 Å². The van der Waals surface area contributed by atoms with Crippen molar-refractivity contribution in [3.05, 3.63) is 11.7 Å². The second kappa shape index (κ2) is 5.59. The fraction of sp³-hybridized carbons (Fsp3) is 0.857. The summed E-state index contributed by atoms with van der Waals surface area (Å²) in [6, 6.07) is 0. The second-order valence-corrected chi connectivity index (χ2v) is 6.27. The molecule has 1 fully saturated rings. The summed E-state index contributed by atoms with van der Waals surface area (Å²) in [5, 5.41) is 4.02. The zero-order valence-corrected chi connectivity index (χ0v) is 12.3. The van der Waals surface area contributed by atoms with Crippen LogP contribution in [0.2, 0.25) is 0 Å². The van der Waals surface area contributed by atoms with Gasteiger partial charge in [-0.1, -0.05) is 25.9 Å². The molecule has 0 radical (unpaired) electrons. The summed E-state index contributed by atoms with van der Waals surface area (Å²) in [4.78, 5) is 4.44. The first-order valence-electron chi connectivity index (χ1n) is 7.14. The highest BCUT2D eigenvalue weighted by molar-refractivity contribution is 5.04. The Morgan fingerprint density at radius 1 is 1.42 bits per heavy atom. The average Bonchev–Trinajstić information content (AvgIpc) is 2.75. The van der Waals surface area contributed by atoms with E-state index in [0.717, 1.165) is 12.8 Å². The molecule has 0 saturated heterocycles. The van der Waals surface area contributed by atoms with Crippen molar-refractivity contribution in [2.75, 3.05) is 6.61 Å². The summed E-state index contributed by atoms with van der Waals surface area (Å²) in [5.41, 5.74) is 5.56. The number of aromatic nitrogens is 2. The molecule has 5 nitrogen and oxygen atoms in total. The SMILES string of the molecule is CC(C)C(C)c1nc(C(C)(N)COC2CCC2)no1. The van der Waals surface area contributed by atoms with Crippen LogP contribution >= 0.6 is 0 Å². The largest absolute Gasteiger partial charge is 0.376 e. The normalized spacial score (nSPS) is 21.2. The van der Waals surface area contributed by atoms with Crippen molar-refractivity contribution < 1.29 is 9.26 Å². The highest BCUT2D eigenvalue weighted by atomic mass is 16.5.